The number of benzene rings is 2. The predicted octanol–water partition coefficient (Wildman–Crippen LogP) is 1.97. The maximum atomic E-state index is 14.0. The van der Waals surface area contributed by atoms with Crippen LogP contribution in [0.15, 0.2) is 60.2 Å². The van der Waals surface area contributed by atoms with Gasteiger partial charge in [0.2, 0.25) is 17.7 Å². The van der Waals surface area contributed by atoms with Gasteiger partial charge in [-0.2, -0.15) is 0 Å². The van der Waals surface area contributed by atoms with Crippen LogP contribution >= 0.6 is 0 Å². The van der Waals surface area contributed by atoms with E-state index in [2.05, 4.69) is 0 Å². The van der Waals surface area contributed by atoms with Crippen molar-refractivity contribution in [3.05, 3.63) is 60.2 Å². The van der Waals surface area contributed by atoms with E-state index in [-0.39, 0.29) is 35.8 Å². The Balaban J connectivity index is 1.31. The highest BCUT2D eigenvalue weighted by Gasteiger charge is 2.70. The molecule has 194 valence electrons. The number of ketones is 1. The van der Waals surface area contributed by atoms with Crippen LogP contribution in [0.4, 0.5) is 22.7 Å². The van der Waals surface area contributed by atoms with Crippen LogP contribution in [0.3, 0.4) is 0 Å². The number of nitrogen functional groups attached to an aromatic ring is 2. The van der Waals surface area contributed by atoms with Gasteiger partial charge in [0.1, 0.15) is 12.0 Å². The number of rotatable bonds is 2. The minimum Gasteiger partial charge on any atom is -0.399 e. The molecule has 2 heterocycles. The van der Waals surface area contributed by atoms with Crippen molar-refractivity contribution in [1.82, 2.24) is 0 Å². The number of hydrogen-bond donors (Lipinski definition) is 3. The summed E-state index contributed by atoms with van der Waals surface area (Å²) in [6.45, 7) is 1.92. The highest BCUT2D eigenvalue weighted by molar-refractivity contribution is 6.22. The molecule has 0 spiro atoms. The molecule has 9 nitrogen and oxygen atoms in total. The van der Waals surface area contributed by atoms with E-state index in [4.69, 9.17) is 11.5 Å². The summed E-state index contributed by atoms with van der Waals surface area (Å²) in [7, 11) is 0. The first-order valence-corrected chi connectivity index (χ1v) is 13.0. The van der Waals surface area contributed by atoms with Crippen molar-refractivity contribution >= 4 is 46.3 Å². The van der Waals surface area contributed by atoms with Crippen LogP contribution in [0.1, 0.15) is 13.3 Å². The van der Waals surface area contributed by atoms with E-state index >= 15 is 0 Å². The van der Waals surface area contributed by atoms with E-state index in [0.29, 0.717) is 22.7 Å². The predicted molar refractivity (Wildman–Crippen MR) is 139 cm³/mol. The van der Waals surface area contributed by atoms with Crippen molar-refractivity contribution in [2.24, 2.45) is 47.3 Å². The Morgan fingerprint density at radius 2 is 1.32 bits per heavy atom. The number of hydrogen-bond acceptors (Lipinski definition) is 7. The van der Waals surface area contributed by atoms with E-state index in [0.717, 1.165) is 5.57 Å². The first-order chi connectivity index (χ1) is 18.2. The molecule has 2 bridgehead atoms. The van der Waals surface area contributed by atoms with E-state index in [1.165, 1.54) is 9.80 Å². The summed E-state index contributed by atoms with van der Waals surface area (Å²) in [5, 5.41) is 11.5. The molecule has 7 unspecified atom stereocenters. The van der Waals surface area contributed by atoms with Crippen LogP contribution in [0, 0.1) is 47.3 Å². The van der Waals surface area contributed by atoms with Crippen molar-refractivity contribution in [2.75, 3.05) is 21.3 Å². The minimum absolute atomic E-state index is 0.0520. The third-order valence-corrected chi connectivity index (χ3v) is 9.52. The number of allylic oxidation sites excluding steroid dienone is 2. The topological polar surface area (TPSA) is 147 Å². The Bertz CT molecular complexity index is 1430. The van der Waals surface area contributed by atoms with Crippen LogP contribution in [0.25, 0.3) is 0 Å². The van der Waals surface area contributed by atoms with Crippen molar-refractivity contribution < 1.29 is 24.3 Å². The van der Waals surface area contributed by atoms with Gasteiger partial charge >= 0.3 is 0 Å². The number of Topliss-reactive ketones (excluding diaryl/α,β-unsaturated/α-hetero) is 1. The molecule has 3 amide bonds. The average Bonchev–Trinajstić information content (AvgIpc) is 3.31. The third kappa shape index (κ3) is 2.85. The molecule has 2 aliphatic heterocycles. The molecule has 4 aliphatic carbocycles. The molecular formula is C29H28N4O5. The summed E-state index contributed by atoms with van der Waals surface area (Å²) in [5.74, 6) is -5.32. The number of aliphatic hydroxyl groups excluding tert-OH is 1. The highest BCUT2D eigenvalue weighted by atomic mass is 16.3. The Hall–Kier alpha value is -3.98. The minimum atomic E-state index is -1.22. The second-order valence-corrected chi connectivity index (χ2v) is 11.3. The van der Waals surface area contributed by atoms with E-state index in [1.54, 1.807) is 48.5 Å². The number of aliphatic hydroxyl groups is 1. The Labute approximate surface area is 219 Å². The van der Waals surface area contributed by atoms with Crippen LogP contribution in [0.5, 0.6) is 0 Å². The highest BCUT2D eigenvalue weighted by Crippen LogP contribution is 2.63. The lowest BCUT2D eigenvalue weighted by Gasteiger charge is -2.54. The number of fused-ring (bicyclic) bond motifs is 2. The molecule has 8 rings (SSSR count). The van der Waals surface area contributed by atoms with Gasteiger partial charge in [0.25, 0.3) is 0 Å². The largest absolute Gasteiger partial charge is 0.399 e. The normalized spacial score (nSPS) is 37.3. The molecule has 6 aliphatic rings. The van der Waals surface area contributed by atoms with Crippen molar-refractivity contribution in [3.8, 4) is 0 Å². The van der Waals surface area contributed by atoms with Crippen LogP contribution in [-0.4, -0.2) is 34.8 Å². The van der Waals surface area contributed by atoms with Gasteiger partial charge in [-0.25, -0.2) is 0 Å². The number of carbonyl (C=O) groups is 4. The Morgan fingerprint density at radius 1 is 0.737 bits per heavy atom. The number of amides is 3. The summed E-state index contributed by atoms with van der Waals surface area (Å²) < 4.78 is 0. The molecule has 9 heteroatoms. The van der Waals surface area contributed by atoms with Gasteiger partial charge in [-0.1, -0.05) is 18.6 Å². The SMILES string of the molecule is CC1C=C2C(C3C(=O)N(c4ccc(N)cc4)C(=O)C13)[C@H]1C(=O)C[C@H]2C2C(=O)N(c3ccc(N)cc3)C(O)C21. The number of carbonyl (C=O) groups excluding carboxylic acids is 4. The fourth-order valence-electron chi connectivity index (χ4n) is 8.08. The lowest BCUT2D eigenvalue weighted by Crippen LogP contribution is -2.58. The third-order valence-electron chi connectivity index (χ3n) is 9.52. The first-order valence-electron chi connectivity index (χ1n) is 13.0. The van der Waals surface area contributed by atoms with Gasteiger partial charge < -0.3 is 16.6 Å². The Kier molecular flexibility index (Phi) is 4.73. The van der Waals surface area contributed by atoms with Gasteiger partial charge in [-0.05, 0) is 60.4 Å². The van der Waals surface area contributed by atoms with E-state index < -0.39 is 47.7 Å². The molecule has 2 aromatic rings. The maximum Gasteiger partial charge on any atom is 0.238 e. The van der Waals surface area contributed by atoms with Gasteiger partial charge in [-0.3, -0.25) is 29.0 Å². The number of imide groups is 1. The molecule has 38 heavy (non-hydrogen) atoms. The molecule has 0 radical (unpaired) electrons. The molecule has 5 fully saturated rings. The molecule has 3 saturated carbocycles. The van der Waals surface area contributed by atoms with Crippen LogP contribution in [-0.2, 0) is 19.2 Å². The van der Waals surface area contributed by atoms with Gasteiger partial charge in [0.15, 0.2) is 0 Å². The van der Waals surface area contributed by atoms with Gasteiger partial charge in [0, 0.05) is 41.2 Å². The molecule has 2 saturated heterocycles. The fourth-order valence-corrected chi connectivity index (χ4v) is 8.08. The Morgan fingerprint density at radius 3 is 1.95 bits per heavy atom. The fraction of sp³-hybridized carbons (Fsp3) is 0.379. The van der Waals surface area contributed by atoms with Crippen molar-refractivity contribution in [2.45, 2.75) is 19.6 Å². The zero-order valence-electron chi connectivity index (χ0n) is 20.7. The number of nitrogens with two attached hydrogens (primary N) is 2. The van der Waals surface area contributed by atoms with Gasteiger partial charge in [0.05, 0.1) is 23.4 Å². The second kappa shape index (κ2) is 7.77. The summed E-state index contributed by atoms with van der Waals surface area (Å²) >= 11 is 0. The number of anilines is 4. The quantitative estimate of drug-likeness (QED) is 0.317. The van der Waals surface area contributed by atoms with E-state index in [1.807, 2.05) is 13.0 Å². The zero-order chi connectivity index (χ0) is 26.6. The zero-order valence-corrected chi connectivity index (χ0v) is 20.7. The molecule has 0 aromatic heterocycles. The lowest BCUT2D eigenvalue weighted by atomic mass is 9.47. The summed E-state index contributed by atoms with van der Waals surface area (Å²) in [5.41, 5.74) is 14.6. The van der Waals surface area contributed by atoms with Crippen LogP contribution < -0.4 is 21.3 Å². The van der Waals surface area contributed by atoms with Crippen molar-refractivity contribution in [3.63, 3.8) is 0 Å². The standard InChI is InChI=1S/C29H28N4O5/c1-12-10-17-18-11-19(34)23(25-22(18)27(36)33(29(25)38)16-8-4-14(31)5-9-16)21(17)24-20(12)26(35)32(28(24)37)15-6-2-13(30)3-7-15/h2-10,12,18,20-25,29,38H,11,30-31H2,1H3/t12?,18-,20?,21?,22?,23-,24?,25?,29?/m1/s1. The summed E-state index contributed by atoms with van der Waals surface area (Å²) in [6, 6.07) is 13.3. The summed E-state index contributed by atoms with van der Waals surface area (Å²) in [4.78, 5) is 57.5. The lowest BCUT2D eigenvalue weighted by molar-refractivity contribution is -0.147. The molecule has 9 atom stereocenters. The summed E-state index contributed by atoms with van der Waals surface area (Å²) in [6.07, 6.45) is 1.01. The van der Waals surface area contributed by atoms with Gasteiger partial charge in [-0.15, -0.1) is 0 Å². The smallest absolute Gasteiger partial charge is 0.238 e. The maximum absolute atomic E-state index is 14.0. The molecule has 5 N–H and O–H groups in total. The molecule has 2 aromatic carbocycles. The average molecular weight is 513 g/mol. The first kappa shape index (κ1) is 23.2. The van der Waals surface area contributed by atoms with E-state index in [9.17, 15) is 24.3 Å². The monoisotopic (exact) mass is 512 g/mol. The number of nitrogens with zero attached hydrogens (tertiary/aromatic N) is 2. The molecular weight excluding hydrogens is 484 g/mol. The van der Waals surface area contributed by atoms with Crippen molar-refractivity contribution in [1.29, 1.82) is 0 Å². The van der Waals surface area contributed by atoms with Crippen LogP contribution in [0.2, 0.25) is 0 Å². The second-order valence-electron chi connectivity index (χ2n) is 11.3.